The average Bonchev–Trinajstić information content (AvgIpc) is 3.41. The van der Waals surface area contributed by atoms with E-state index >= 15 is 0 Å². The van der Waals surface area contributed by atoms with Gasteiger partial charge in [0.1, 0.15) is 0 Å². The van der Waals surface area contributed by atoms with Crippen LogP contribution in [0.25, 0.3) is 0 Å². The largest absolute Gasteiger partial charge is 0.357 e. The minimum Gasteiger partial charge on any atom is -0.357 e. The highest BCUT2D eigenvalue weighted by Crippen LogP contribution is 2.48. The molecule has 2 saturated carbocycles. The quantitative estimate of drug-likeness (QED) is 0.407. The molecule has 1 aromatic rings. The van der Waals surface area contributed by atoms with Gasteiger partial charge in [0.15, 0.2) is 5.96 Å². The highest BCUT2D eigenvalue weighted by atomic mass is 127. The highest BCUT2D eigenvalue weighted by Gasteiger charge is 2.43. The van der Waals surface area contributed by atoms with Gasteiger partial charge in [0.25, 0.3) is 0 Å². The number of benzene rings is 1. The lowest BCUT2D eigenvalue weighted by atomic mass is 9.96. The van der Waals surface area contributed by atoms with Crippen molar-refractivity contribution in [3.63, 3.8) is 0 Å². The molecule has 1 aromatic carbocycles. The molecule has 0 heterocycles. The molecule has 22 heavy (non-hydrogen) atoms. The van der Waals surface area contributed by atoms with Crippen molar-refractivity contribution in [2.24, 2.45) is 10.9 Å². The Morgan fingerprint density at radius 1 is 1.18 bits per heavy atom. The molecule has 122 valence electrons. The fraction of sp³-hybridized carbons (Fsp3) is 0.611. The second-order valence-corrected chi connectivity index (χ2v) is 6.50. The van der Waals surface area contributed by atoms with Crippen molar-refractivity contribution in [1.82, 2.24) is 10.6 Å². The van der Waals surface area contributed by atoms with Crippen molar-refractivity contribution in [2.45, 2.75) is 44.4 Å². The molecule has 0 amide bonds. The van der Waals surface area contributed by atoms with Crippen LogP contribution in [0.5, 0.6) is 0 Å². The minimum atomic E-state index is 0. The van der Waals surface area contributed by atoms with Gasteiger partial charge in [-0.15, -0.1) is 24.0 Å². The van der Waals surface area contributed by atoms with Gasteiger partial charge in [0, 0.05) is 18.5 Å². The summed E-state index contributed by atoms with van der Waals surface area (Å²) < 4.78 is 0. The second kappa shape index (κ2) is 8.18. The molecule has 3 nitrogen and oxygen atoms in total. The predicted octanol–water partition coefficient (Wildman–Crippen LogP) is 3.69. The first-order chi connectivity index (χ1) is 10.3. The fourth-order valence-corrected chi connectivity index (χ4v) is 2.85. The number of aliphatic imine (C=N–C) groups is 1. The van der Waals surface area contributed by atoms with Gasteiger partial charge in [-0.3, -0.25) is 4.99 Å². The van der Waals surface area contributed by atoms with Crippen molar-refractivity contribution in [1.29, 1.82) is 0 Å². The third-order valence-electron chi connectivity index (χ3n) is 4.67. The van der Waals surface area contributed by atoms with Crippen LogP contribution in [0.15, 0.2) is 35.3 Å². The first-order valence-corrected chi connectivity index (χ1v) is 8.40. The van der Waals surface area contributed by atoms with Crippen molar-refractivity contribution in [3.8, 4) is 0 Å². The summed E-state index contributed by atoms with van der Waals surface area (Å²) in [5, 5.41) is 6.85. The van der Waals surface area contributed by atoms with Crippen LogP contribution < -0.4 is 10.6 Å². The van der Waals surface area contributed by atoms with E-state index in [2.05, 4.69) is 47.9 Å². The van der Waals surface area contributed by atoms with Crippen LogP contribution in [0.4, 0.5) is 0 Å². The van der Waals surface area contributed by atoms with Crippen LogP contribution in [-0.4, -0.2) is 25.6 Å². The summed E-state index contributed by atoms with van der Waals surface area (Å²) in [4.78, 5) is 4.84. The highest BCUT2D eigenvalue weighted by molar-refractivity contribution is 14.0. The van der Waals surface area contributed by atoms with Crippen LogP contribution in [0, 0.1) is 5.92 Å². The summed E-state index contributed by atoms with van der Waals surface area (Å²) in [7, 11) is 0. The minimum absolute atomic E-state index is 0. The lowest BCUT2D eigenvalue weighted by molar-refractivity contribution is 0.668. The monoisotopic (exact) mass is 413 g/mol. The number of halogens is 1. The van der Waals surface area contributed by atoms with Gasteiger partial charge in [-0.1, -0.05) is 43.2 Å². The van der Waals surface area contributed by atoms with E-state index in [1.165, 1.54) is 37.7 Å². The van der Waals surface area contributed by atoms with Crippen LogP contribution >= 0.6 is 24.0 Å². The van der Waals surface area contributed by atoms with Crippen LogP contribution in [0.2, 0.25) is 0 Å². The zero-order chi connectivity index (χ0) is 14.5. The Balaban J connectivity index is 0.00000176. The van der Waals surface area contributed by atoms with Gasteiger partial charge in [-0.05, 0) is 37.7 Å². The molecule has 2 aliphatic carbocycles. The van der Waals surface area contributed by atoms with Gasteiger partial charge in [0.05, 0.1) is 6.54 Å². The molecule has 0 unspecified atom stereocenters. The molecule has 0 radical (unpaired) electrons. The summed E-state index contributed by atoms with van der Waals surface area (Å²) in [6.07, 6.45) is 6.66. The van der Waals surface area contributed by atoms with Crippen molar-refractivity contribution in [2.75, 3.05) is 19.6 Å². The van der Waals surface area contributed by atoms with Gasteiger partial charge < -0.3 is 10.6 Å². The first kappa shape index (κ1) is 17.6. The Morgan fingerprint density at radius 3 is 2.50 bits per heavy atom. The van der Waals surface area contributed by atoms with Gasteiger partial charge in [-0.25, -0.2) is 0 Å². The van der Waals surface area contributed by atoms with E-state index in [0.29, 0.717) is 5.41 Å². The summed E-state index contributed by atoms with van der Waals surface area (Å²) in [5.74, 6) is 1.96. The predicted molar refractivity (Wildman–Crippen MR) is 104 cm³/mol. The number of hydrogen-bond donors (Lipinski definition) is 2. The third-order valence-corrected chi connectivity index (χ3v) is 4.67. The molecule has 0 bridgehead atoms. The Hall–Kier alpha value is -0.780. The average molecular weight is 413 g/mol. The molecule has 0 aliphatic heterocycles. The molecule has 0 aromatic heterocycles. The Labute approximate surface area is 151 Å². The van der Waals surface area contributed by atoms with E-state index < -0.39 is 0 Å². The number of rotatable bonds is 7. The molecule has 2 fully saturated rings. The number of nitrogens with one attached hydrogen (secondary N) is 2. The van der Waals surface area contributed by atoms with Crippen molar-refractivity contribution >= 4 is 29.9 Å². The standard InChI is InChI=1S/C18H27N3.HI/c1-2-19-17(20-13-10-15-8-9-15)21-14-18(11-12-18)16-6-4-3-5-7-16;/h3-7,15H,2,8-14H2,1H3,(H2,19,20,21);1H. The summed E-state index contributed by atoms with van der Waals surface area (Å²) in [6.45, 7) is 5.00. The molecule has 2 N–H and O–H groups in total. The molecule has 3 rings (SSSR count). The molecular formula is C18H28IN3. The summed E-state index contributed by atoms with van der Waals surface area (Å²) in [5.41, 5.74) is 1.75. The molecular weight excluding hydrogens is 385 g/mol. The molecule has 0 atom stereocenters. The Bertz CT molecular complexity index is 478. The molecule has 0 saturated heterocycles. The first-order valence-electron chi connectivity index (χ1n) is 8.40. The van der Waals surface area contributed by atoms with Gasteiger partial charge in [-0.2, -0.15) is 0 Å². The summed E-state index contributed by atoms with van der Waals surface area (Å²) in [6, 6.07) is 10.9. The van der Waals surface area contributed by atoms with Crippen LogP contribution in [-0.2, 0) is 5.41 Å². The van der Waals surface area contributed by atoms with E-state index in [1.807, 2.05) is 0 Å². The second-order valence-electron chi connectivity index (χ2n) is 6.50. The van der Waals surface area contributed by atoms with Crippen molar-refractivity contribution < 1.29 is 0 Å². The topological polar surface area (TPSA) is 36.4 Å². The molecule has 0 spiro atoms. The fourth-order valence-electron chi connectivity index (χ4n) is 2.85. The maximum atomic E-state index is 4.84. The normalized spacial score (nSPS) is 19.2. The smallest absolute Gasteiger partial charge is 0.191 e. The lowest BCUT2D eigenvalue weighted by Gasteiger charge is -2.16. The number of hydrogen-bond acceptors (Lipinski definition) is 1. The molecule has 2 aliphatic rings. The maximum absolute atomic E-state index is 4.84. The van der Waals surface area contributed by atoms with E-state index in [9.17, 15) is 0 Å². The zero-order valence-corrected chi connectivity index (χ0v) is 15.8. The van der Waals surface area contributed by atoms with Crippen LogP contribution in [0.3, 0.4) is 0 Å². The van der Waals surface area contributed by atoms with Crippen LogP contribution in [0.1, 0.15) is 44.6 Å². The third kappa shape index (κ3) is 4.86. The number of guanidine groups is 1. The van der Waals surface area contributed by atoms with E-state index in [0.717, 1.165) is 31.5 Å². The van der Waals surface area contributed by atoms with E-state index in [4.69, 9.17) is 4.99 Å². The van der Waals surface area contributed by atoms with Gasteiger partial charge >= 0.3 is 0 Å². The summed E-state index contributed by atoms with van der Waals surface area (Å²) >= 11 is 0. The zero-order valence-electron chi connectivity index (χ0n) is 13.5. The molecule has 4 heteroatoms. The maximum Gasteiger partial charge on any atom is 0.191 e. The Morgan fingerprint density at radius 2 is 1.91 bits per heavy atom. The van der Waals surface area contributed by atoms with Crippen molar-refractivity contribution in [3.05, 3.63) is 35.9 Å². The van der Waals surface area contributed by atoms with E-state index in [1.54, 1.807) is 0 Å². The number of nitrogens with zero attached hydrogens (tertiary/aromatic N) is 1. The SMILES string of the molecule is CCNC(=NCC1(c2ccccc2)CC1)NCCC1CC1.I. The lowest BCUT2D eigenvalue weighted by Crippen LogP contribution is -2.38. The van der Waals surface area contributed by atoms with Gasteiger partial charge in [0.2, 0.25) is 0 Å². The Kier molecular flexibility index (Phi) is 6.53. The van der Waals surface area contributed by atoms with E-state index in [-0.39, 0.29) is 24.0 Å².